The zero-order valence-electron chi connectivity index (χ0n) is 13.3. The molecule has 122 valence electrons. The van der Waals surface area contributed by atoms with E-state index in [2.05, 4.69) is 38.0 Å². The fraction of sp³-hybridized carbons (Fsp3) is 0.800. The molecule has 0 saturated carbocycles. The molecule has 0 unspecified atom stereocenters. The van der Waals surface area contributed by atoms with E-state index in [1.807, 2.05) is 0 Å². The molecule has 1 N–H and O–H groups in total. The Labute approximate surface area is 130 Å². The molecule has 0 aliphatic heterocycles. The summed E-state index contributed by atoms with van der Waals surface area (Å²) < 4.78 is 28.9. The largest absolute Gasteiger partial charge is 0.375 e. The van der Waals surface area contributed by atoms with Crippen molar-refractivity contribution in [1.29, 1.82) is 0 Å². The topological polar surface area (TPSA) is 34.1 Å². The highest BCUT2D eigenvalue weighted by Crippen LogP contribution is 2.22. The third kappa shape index (κ3) is 7.83. The van der Waals surface area contributed by atoms with E-state index in [1.165, 1.54) is 4.88 Å². The normalized spacial score (nSPS) is 12.0. The van der Waals surface area contributed by atoms with Crippen LogP contribution in [0.1, 0.15) is 43.3 Å². The van der Waals surface area contributed by atoms with Gasteiger partial charge in [-0.15, -0.1) is 11.3 Å². The van der Waals surface area contributed by atoms with Gasteiger partial charge in [-0.05, 0) is 12.3 Å². The highest BCUT2D eigenvalue weighted by molar-refractivity contribution is 7.11. The van der Waals surface area contributed by atoms with Crippen LogP contribution >= 0.6 is 11.3 Å². The number of ether oxygens (including phenoxy) is 1. The molecule has 1 rings (SSSR count). The molecule has 0 aliphatic rings. The zero-order chi connectivity index (χ0) is 15.8. The molecular formula is C15H26F2N2OS. The van der Waals surface area contributed by atoms with Gasteiger partial charge in [-0.2, -0.15) is 0 Å². The summed E-state index contributed by atoms with van der Waals surface area (Å²) >= 11 is 1.66. The lowest BCUT2D eigenvalue weighted by Gasteiger charge is -2.08. The van der Waals surface area contributed by atoms with Gasteiger partial charge in [0.15, 0.2) is 0 Å². The average molecular weight is 320 g/mol. The van der Waals surface area contributed by atoms with E-state index in [9.17, 15) is 8.78 Å². The number of aromatic nitrogens is 1. The molecule has 0 aromatic carbocycles. The lowest BCUT2D eigenvalue weighted by atomic mass is 10.1. The molecule has 0 fully saturated rings. The van der Waals surface area contributed by atoms with Crippen molar-refractivity contribution >= 4 is 11.3 Å². The predicted molar refractivity (Wildman–Crippen MR) is 83.2 cm³/mol. The molecule has 0 saturated heterocycles. The monoisotopic (exact) mass is 320 g/mol. The van der Waals surface area contributed by atoms with Crippen molar-refractivity contribution in [2.45, 2.75) is 59.5 Å². The number of nitrogens with zero attached hydrogens (tertiary/aromatic N) is 1. The molecule has 3 nitrogen and oxygen atoms in total. The van der Waals surface area contributed by atoms with Crippen LogP contribution < -0.4 is 5.32 Å². The van der Waals surface area contributed by atoms with Gasteiger partial charge in [0.05, 0.1) is 17.3 Å². The molecule has 1 aromatic rings. The van der Waals surface area contributed by atoms with Crippen molar-refractivity contribution in [2.24, 2.45) is 5.92 Å². The summed E-state index contributed by atoms with van der Waals surface area (Å²) in [7, 11) is 0. The van der Waals surface area contributed by atoms with Gasteiger partial charge in [-0.1, -0.05) is 27.7 Å². The van der Waals surface area contributed by atoms with Crippen LogP contribution in [-0.2, 0) is 24.1 Å². The zero-order valence-corrected chi connectivity index (χ0v) is 14.1. The summed E-state index contributed by atoms with van der Waals surface area (Å²) in [6.45, 7) is 9.19. The van der Waals surface area contributed by atoms with Crippen molar-refractivity contribution in [3.63, 3.8) is 0 Å². The number of hydrogen-bond donors (Lipinski definition) is 1. The average Bonchev–Trinajstić information content (AvgIpc) is 2.73. The molecule has 0 aliphatic carbocycles. The Balaban J connectivity index is 2.59. The molecule has 1 aromatic heterocycles. The third-order valence-corrected chi connectivity index (χ3v) is 3.96. The van der Waals surface area contributed by atoms with Gasteiger partial charge >= 0.3 is 0 Å². The number of halogens is 2. The summed E-state index contributed by atoms with van der Waals surface area (Å²) in [6.07, 6.45) is -0.850. The molecular weight excluding hydrogens is 294 g/mol. The van der Waals surface area contributed by atoms with Crippen molar-refractivity contribution in [1.82, 2.24) is 10.3 Å². The van der Waals surface area contributed by atoms with E-state index in [0.717, 1.165) is 23.7 Å². The van der Waals surface area contributed by atoms with Gasteiger partial charge in [0.25, 0.3) is 6.43 Å². The highest BCUT2D eigenvalue weighted by atomic mass is 32.1. The Kier molecular flexibility index (Phi) is 8.29. The van der Waals surface area contributed by atoms with Gasteiger partial charge in [-0.25, -0.2) is 13.8 Å². The Morgan fingerprint density at radius 2 is 1.95 bits per heavy atom. The summed E-state index contributed by atoms with van der Waals surface area (Å²) in [4.78, 5) is 5.91. The Morgan fingerprint density at radius 3 is 2.52 bits per heavy atom. The number of rotatable bonds is 10. The van der Waals surface area contributed by atoms with Crippen LogP contribution in [0.15, 0.2) is 0 Å². The minimum Gasteiger partial charge on any atom is -0.375 e. The van der Waals surface area contributed by atoms with Gasteiger partial charge < -0.3 is 10.1 Å². The van der Waals surface area contributed by atoms with Crippen molar-refractivity contribution in [3.05, 3.63) is 15.6 Å². The first-order valence-corrected chi connectivity index (χ1v) is 8.26. The van der Waals surface area contributed by atoms with Gasteiger partial charge in [0, 0.05) is 23.9 Å². The van der Waals surface area contributed by atoms with Crippen LogP contribution in [0.3, 0.4) is 0 Å². The summed E-state index contributed by atoms with van der Waals surface area (Å²) in [5.41, 5.74) is 1.13. The van der Waals surface area contributed by atoms with Crippen molar-refractivity contribution in [2.75, 3.05) is 13.2 Å². The molecule has 0 amide bonds. The first kappa shape index (κ1) is 18.5. The predicted octanol–water partition coefficient (Wildman–Crippen LogP) is 3.66. The van der Waals surface area contributed by atoms with E-state index in [-0.39, 0.29) is 0 Å². The van der Waals surface area contributed by atoms with E-state index >= 15 is 0 Å². The van der Waals surface area contributed by atoms with E-state index in [0.29, 0.717) is 25.0 Å². The fourth-order valence-corrected chi connectivity index (χ4v) is 2.88. The van der Waals surface area contributed by atoms with Gasteiger partial charge in [0.1, 0.15) is 6.61 Å². The van der Waals surface area contributed by atoms with Crippen molar-refractivity contribution in [3.8, 4) is 0 Å². The fourth-order valence-electron chi connectivity index (χ4n) is 1.86. The van der Waals surface area contributed by atoms with Crippen LogP contribution in [0.25, 0.3) is 0 Å². The first-order chi connectivity index (χ1) is 9.88. The van der Waals surface area contributed by atoms with Gasteiger partial charge in [-0.3, -0.25) is 0 Å². The molecule has 0 spiro atoms. The van der Waals surface area contributed by atoms with E-state index in [1.54, 1.807) is 11.3 Å². The molecule has 1 heterocycles. The van der Waals surface area contributed by atoms with Crippen LogP contribution in [0.4, 0.5) is 8.78 Å². The Hall–Kier alpha value is -0.590. The van der Waals surface area contributed by atoms with Crippen molar-refractivity contribution < 1.29 is 13.5 Å². The second kappa shape index (κ2) is 9.43. The molecule has 6 heteroatoms. The first-order valence-electron chi connectivity index (χ1n) is 7.45. The number of thiazole rings is 1. The van der Waals surface area contributed by atoms with Crippen LogP contribution in [0.2, 0.25) is 0 Å². The molecule has 21 heavy (non-hydrogen) atoms. The number of hydrogen-bond acceptors (Lipinski definition) is 4. The SMILES string of the molecule is CC(C)Cc1nc(CCOCC(F)F)sc1CNC(C)C. The van der Waals surface area contributed by atoms with E-state index in [4.69, 9.17) is 4.74 Å². The summed E-state index contributed by atoms with van der Waals surface area (Å²) in [5, 5.41) is 4.38. The van der Waals surface area contributed by atoms with Crippen LogP contribution in [-0.4, -0.2) is 30.7 Å². The number of nitrogens with one attached hydrogen (secondary N) is 1. The molecule has 0 bridgehead atoms. The highest BCUT2D eigenvalue weighted by Gasteiger charge is 2.13. The second-order valence-electron chi connectivity index (χ2n) is 5.83. The third-order valence-electron chi connectivity index (χ3n) is 2.80. The lowest BCUT2D eigenvalue weighted by Crippen LogP contribution is -2.22. The summed E-state index contributed by atoms with van der Waals surface area (Å²) in [6, 6.07) is 0.428. The van der Waals surface area contributed by atoms with Gasteiger partial charge in [0.2, 0.25) is 0 Å². The quantitative estimate of drug-likeness (QED) is 0.668. The Morgan fingerprint density at radius 1 is 1.24 bits per heavy atom. The van der Waals surface area contributed by atoms with Crippen LogP contribution in [0.5, 0.6) is 0 Å². The molecule has 0 atom stereocenters. The lowest BCUT2D eigenvalue weighted by molar-refractivity contribution is 0.0187. The maximum Gasteiger partial charge on any atom is 0.261 e. The maximum absolute atomic E-state index is 12.0. The van der Waals surface area contributed by atoms with E-state index < -0.39 is 13.0 Å². The summed E-state index contributed by atoms with van der Waals surface area (Å²) in [5.74, 6) is 0.549. The number of alkyl halides is 2. The molecule has 0 radical (unpaired) electrons. The van der Waals surface area contributed by atoms with Crippen LogP contribution in [0, 0.1) is 5.92 Å². The minimum absolute atomic E-state index is 0.302. The maximum atomic E-state index is 12.0. The Bertz CT molecular complexity index is 408. The second-order valence-corrected chi connectivity index (χ2v) is 7.00. The minimum atomic E-state index is -2.40. The smallest absolute Gasteiger partial charge is 0.261 e. The standard InChI is InChI=1S/C15H26F2N2OS/c1-10(2)7-12-13(8-18-11(3)4)21-15(19-12)5-6-20-9-14(16)17/h10-11,14,18H,5-9H2,1-4H3.